The van der Waals surface area contributed by atoms with Crippen LogP contribution < -0.4 is 0 Å². The van der Waals surface area contributed by atoms with Crippen LogP contribution in [0, 0.1) is 6.92 Å². The normalized spacial score (nSPS) is 16.6. The molecule has 6 heteroatoms. The lowest BCUT2D eigenvalue weighted by Crippen LogP contribution is -2.45. The summed E-state index contributed by atoms with van der Waals surface area (Å²) in [5, 5.41) is 12.2. The summed E-state index contributed by atoms with van der Waals surface area (Å²) in [5.41, 5.74) is 2.82. The molecular formula is C18H28N6. The number of aromatic nitrogens is 4. The topological polar surface area (TPSA) is 50.1 Å². The second-order valence-electron chi connectivity index (χ2n) is 6.65. The molecule has 0 saturated carbocycles. The van der Waals surface area contributed by atoms with E-state index in [1.165, 1.54) is 11.1 Å². The molecule has 0 N–H and O–H groups in total. The maximum Gasteiger partial charge on any atom is 0.165 e. The smallest absolute Gasteiger partial charge is 0.165 e. The third-order valence-corrected chi connectivity index (χ3v) is 4.81. The van der Waals surface area contributed by atoms with Crippen LogP contribution in [0.2, 0.25) is 0 Å². The van der Waals surface area contributed by atoms with Gasteiger partial charge in [-0.2, -0.15) is 0 Å². The van der Waals surface area contributed by atoms with Gasteiger partial charge in [0.05, 0.1) is 6.54 Å². The second kappa shape index (κ2) is 8.35. The van der Waals surface area contributed by atoms with Gasteiger partial charge < -0.3 is 0 Å². The number of hydrogen-bond acceptors (Lipinski definition) is 5. The maximum atomic E-state index is 4.21. The fourth-order valence-corrected chi connectivity index (χ4v) is 3.15. The van der Waals surface area contributed by atoms with Crippen molar-refractivity contribution in [1.82, 2.24) is 30.0 Å². The number of hydrogen-bond donors (Lipinski definition) is 0. The average molecular weight is 328 g/mol. The van der Waals surface area contributed by atoms with Gasteiger partial charge in [-0.25, -0.2) is 4.68 Å². The number of piperazine rings is 1. The van der Waals surface area contributed by atoms with E-state index in [0.29, 0.717) is 0 Å². The van der Waals surface area contributed by atoms with Gasteiger partial charge in [0.25, 0.3) is 0 Å². The van der Waals surface area contributed by atoms with Crippen molar-refractivity contribution in [3.63, 3.8) is 0 Å². The monoisotopic (exact) mass is 328 g/mol. The summed E-state index contributed by atoms with van der Waals surface area (Å²) >= 11 is 0. The zero-order valence-electron chi connectivity index (χ0n) is 14.9. The Morgan fingerprint density at radius 2 is 1.71 bits per heavy atom. The molecule has 1 aromatic carbocycles. The summed E-state index contributed by atoms with van der Waals surface area (Å²) < 4.78 is 1.96. The van der Waals surface area contributed by atoms with E-state index in [-0.39, 0.29) is 0 Å². The highest BCUT2D eigenvalue weighted by Gasteiger charge is 2.19. The van der Waals surface area contributed by atoms with Crippen LogP contribution in [-0.2, 0) is 19.6 Å². The van der Waals surface area contributed by atoms with E-state index in [2.05, 4.69) is 63.4 Å². The first-order chi connectivity index (χ1) is 11.8. The lowest BCUT2D eigenvalue weighted by Gasteiger charge is -2.34. The first-order valence-corrected chi connectivity index (χ1v) is 9.00. The Kier molecular flexibility index (Phi) is 5.93. The van der Waals surface area contributed by atoms with Gasteiger partial charge in [-0.15, -0.1) is 5.10 Å². The number of nitrogens with zero attached hydrogens (tertiary/aromatic N) is 6. The van der Waals surface area contributed by atoms with Crippen molar-refractivity contribution >= 4 is 0 Å². The van der Waals surface area contributed by atoms with Gasteiger partial charge in [0.2, 0.25) is 0 Å². The Labute approximate surface area is 144 Å². The molecule has 2 heterocycles. The van der Waals surface area contributed by atoms with Gasteiger partial charge in [-0.3, -0.25) is 9.80 Å². The van der Waals surface area contributed by atoms with Gasteiger partial charge in [0.1, 0.15) is 0 Å². The highest BCUT2D eigenvalue weighted by atomic mass is 15.5. The van der Waals surface area contributed by atoms with Gasteiger partial charge in [-0.05, 0) is 34.9 Å². The van der Waals surface area contributed by atoms with Crippen molar-refractivity contribution in [3.8, 4) is 0 Å². The summed E-state index contributed by atoms with van der Waals surface area (Å²) in [6.07, 6.45) is 2.29. The Hall–Kier alpha value is -1.79. The Morgan fingerprint density at radius 3 is 2.42 bits per heavy atom. The zero-order chi connectivity index (χ0) is 16.8. The number of benzene rings is 1. The summed E-state index contributed by atoms with van der Waals surface area (Å²) in [4.78, 5) is 5.00. The molecule has 3 rings (SSSR count). The van der Waals surface area contributed by atoms with Crippen molar-refractivity contribution in [1.29, 1.82) is 0 Å². The fourth-order valence-electron chi connectivity index (χ4n) is 3.15. The second-order valence-corrected chi connectivity index (χ2v) is 6.65. The third-order valence-electron chi connectivity index (χ3n) is 4.81. The molecule has 0 radical (unpaired) electrons. The maximum absolute atomic E-state index is 4.21. The predicted octanol–water partition coefficient (Wildman–Crippen LogP) is 2.10. The molecule has 1 aliphatic heterocycles. The SMILES string of the molecule is CCCCn1nnnc1CN1CCN(Cc2ccccc2C)CC1. The average Bonchev–Trinajstić information content (AvgIpc) is 3.04. The van der Waals surface area contributed by atoms with Crippen molar-refractivity contribution in [3.05, 3.63) is 41.2 Å². The minimum Gasteiger partial charge on any atom is -0.297 e. The molecule has 0 amide bonds. The first kappa shape index (κ1) is 17.0. The van der Waals surface area contributed by atoms with E-state index < -0.39 is 0 Å². The number of rotatable bonds is 7. The molecule has 1 aliphatic rings. The van der Waals surface area contributed by atoms with Gasteiger partial charge in [0, 0.05) is 39.3 Å². The summed E-state index contributed by atoms with van der Waals surface area (Å²) in [6, 6.07) is 8.68. The van der Waals surface area contributed by atoms with Crippen molar-refractivity contribution in [2.24, 2.45) is 0 Å². The van der Waals surface area contributed by atoms with Crippen LogP contribution in [0.4, 0.5) is 0 Å². The van der Waals surface area contributed by atoms with Gasteiger partial charge in [-0.1, -0.05) is 37.6 Å². The van der Waals surface area contributed by atoms with E-state index in [9.17, 15) is 0 Å². The zero-order valence-corrected chi connectivity index (χ0v) is 14.9. The van der Waals surface area contributed by atoms with Gasteiger partial charge >= 0.3 is 0 Å². The summed E-state index contributed by atoms with van der Waals surface area (Å²) in [7, 11) is 0. The fraction of sp³-hybridized carbons (Fsp3) is 0.611. The standard InChI is InChI=1S/C18H28N6/c1-3-4-9-24-18(19-20-21-24)15-23-12-10-22(11-13-23)14-17-8-6-5-7-16(17)2/h5-8H,3-4,9-15H2,1-2H3. The molecule has 6 nitrogen and oxygen atoms in total. The quantitative estimate of drug-likeness (QED) is 0.779. The van der Waals surface area contributed by atoms with Crippen LogP contribution in [0.1, 0.15) is 36.7 Å². The van der Waals surface area contributed by atoms with Crippen LogP contribution in [0.3, 0.4) is 0 Å². The van der Waals surface area contributed by atoms with Gasteiger partial charge in [0.15, 0.2) is 5.82 Å². The molecule has 0 spiro atoms. The molecule has 0 atom stereocenters. The lowest BCUT2D eigenvalue weighted by molar-refractivity contribution is 0.118. The predicted molar refractivity (Wildman–Crippen MR) is 94.5 cm³/mol. The van der Waals surface area contributed by atoms with E-state index >= 15 is 0 Å². The van der Waals surface area contributed by atoms with Crippen LogP contribution in [-0.4, -0.2) is 56.2 Å². The summed E-state index contributed by atoms with van der Waals surface area (Å²) in [5.74, 6) is 0.996. The molecule has 2 aromatic rings. The minimum absolute atomic E-state index is 0.856. The van der Waals surface area contributed by atoms with E-state index in [1.807, 2.05) is 4.68 Å². The van der Waals surface area contributed by atoms with Crippen molar-refractivity contribution < 1.29 is 0 Å². The van der Waals surface area contributed by atoms with Crippen LogP contribution >= 0.6 is 0 Å². The minimum atomic E-state index is 0.856. The molecule has 24 heavy (non-hydrogen) atoms. The molecule has 1 saturated heterocycles. The van der Waals surface area contributed by atoms with E-state index in [4.69, 9.17) is 0 Å². The van der Waals surface area contributed by atoms with Crippen LogP contribution in [0.5, 0.6) is 0 Å². The lowest BCUT2D eigenvalue weighted by atomic mass is 10.1. The number of tetrazole rings is 1. The highest BCUT2D eigenvalue weighted by molar-refractivity contribution is 5.25. The molecule has 0 bridgehead atoms. The Bertz CT molecular complexity index is 630. The first-order valence-electron chi connectivity index (χ1n) is 9.00. The van der Waals surface area contributed by atoms with Crippen LogP contribution in [0.15, 0.2) is 24.3 Å². The molecule has 1 fully saturated rings. The highest BCUT2D eigenvalue weighted by Crippen LogP contribution is 2.13. The van der Waals surface area contributed by atoms with E-state index in [0.717, 1.165) is 64.5 Å². The summed E-state index contributed by atoms with van der Waals surface area (Å²) in [6.45, 7) is 11.6. The molecule has 1 aromatic heterocycles. The van der Waals surface area contributed by atoms with Crippen LogP contribution in [0.25, 0.3) is 0 Å². The largest absolute Gasteiger partial charge is 0.297 e. The third kappa shape index (κ3) is 4.39. The molecule has 0 unspecified atom stereocenters. The number of aryl methyl sites for hydroxylation is 2. The Balaban J connectivity index is 1.49. The molecule has 130 valence electrons. The molecular weight excluding hydrogens is 300 g/mol. The van der Waals surface area contributed by atoms with E-state index in [1.54, 1.807) is 0 Å². The molecule has 0 aliphatic carbocycles. The van der Waals surface area contributed by atoms with Crippen molar-refractivity contribution in [2.75, 3.05) is 26.2 Å². The van der Waals surface area contributed by atoms with Crippen molar-refractivity contribution in [2.45, 2.75) is 46.3 Å². The Morgan fingerprint density at radius 1 is 1.00 bits per heavy atom. The number of unbranched alkanes of at least 4 members (excludes halogenated alkanes) is 1.